The van der Waals surface area contributed by atoms with E-state index >= 15 is 0 Å². The zero-order valence-electron chi connectivity index (χ0n) is 11.2. The van der Waals surface area contributed by atoms with E-state index in [1.165, 1.54) is 0 Å². The fraction of sp³-hybridized carbons (Fsp3) is 0.538. The lowest BCUT2D eigenvalue weighted by Crippen LogP contribution is -2.30. The number of anilines is 1. The molecule has 0 radical (unpaired) electrons. The molecule has 0 aromatic carbocycles. The standard InChI is InChI=1S/C13H21N3O2/c1-4-14-8-10(3)13(17)16-11-6-7-12(15-9-11)18-5-2/h6-7,9-10,14H,4-5,8H2,1-3H3,(H,16,17). The van der Waals surface area contributed by atoms with E-state index < -0.39 is 0 Å². The summed E-state index contributed by atoms with van der Waals surface area (Å²) in [5.74, 6) is 0.481. The van der Waals surface area contributed by atoms with Gasteiger partial charge < -0.3 is 15.4 Å². The second-order valence-electron chi connectivity index (χ2n) is 4.02. The van der Waals surface area contributed by atoms with Crippen LogP contribution in [0.1, 0.15) is 20.8 Å². The van der Waals surface area contributed by atoms with Gasteiger partial charge in [0, 0.05) is 18.5 Å². The summed E-state index contributed by atoms with van der Waals surface area (Å²) in [6.45, 7) is 7.92. The first-order chi connectivity index (χ1) is 8.67. The maximum atomic E-state index is 11.8. The number of hydrogen-bond donors (Lipinski definition) is 2. The van der Waals surface area contributed by atoms with Crippen molar-refractivity contribution in [3.05, 3.63) is 18.3 Å². The molecule has 0 bridgehead atoms. The molecule has 1 aromatic rings. The highest BCUT2D eigenvalue weighted by Gasteiger charge is 2.12. The molecule has 5 nitrogen and oxygen atoms in total. The Morgan fingerprint density at radius 2 is 2.22 bits per heavy atom. The Kier molecular flexibility index (Phi) is 6.14. The van der Waals surface area contributed by atoms with E-state index in [1.807, 2.05) is 20.8 Å². The predicted octanol–water partition coefficient (Wildman–Crippen LogP) is 1.66. The van der Waals surface area contributed by atoms with Crippen molar-refractivity contribution in [2.45, 2.75) is 20.8 Å². The molecule has 1 rings (SSSR count). The fourth-order valence-corrected chi connectivity index (χ4v) is 1.41. The van der Waals surface area contributed by atoms with Gasteiger partial charge >= 0.3 is 0 Å². The van der Waals surface area contributed by atoms with Gasteiger partial charge in [-0.25, -0.2) is 4.98 Å². The van der Waals surface area contributed by atoms with Crippen LogP contribution in [-0.2, 0) is 4.79 Å². The van der Waals surface area contributed by atoms with Crippen LogP contribution in [0.25, 0.3) is 0 Å². The molecule has 0 aliphatic rings. The number of carbonyl (C=O) groups excluding carboxylic acids is 1. The molecule has 1 atom stereocenters. The molecular weight excluding hydrogens is 230 g/mol. The Balaban J connectivity index is 2.48. The highest BCUT2D eigenvalue weighted by atomic mass is 16.5. The number of ether oxygens (including phenoxy) is 1. The number of amides is 1. The minimum atomic E-state index is -0.0727. The van der Waals surface area contributed by atoms with E-state index in [9.17, 15) is 4.79 Å². The number of rotatable bonds is 7. The largest absolute Gasteiger partial charge is 0.478 e. The summed E-state index contributed by atoms with van der Waals surface area (Å²) in [6, 6.07) is 3.53. The van der Waals surface area contributed by atoms with Crippen molar-refractivity contribution < 1.29 is 9.53 Å². The van der Waals surface area contributed by atoms with Crippen molar-refractivity contribution in [1.29, 1.82) is 0 Å². The first-order valence-electron chi connectivity index (χ1n) is 6.27. The van der Waals surface area contributed by atoms with Gasteiger partial charge in [0.25, 0.3) is 0 Å². The molecule has 0 saturated carbocycles. The van der Waals surface area contributed by atoms with Crippen LogP contribution in [0.3, 0.4) is 0 Å². The van der Waals surface area contributed by atoms with Gasteiger partial charge in [-0.3, -0.25) is 4.79 Å². The number of aromatic nitrogens is 1. The number of nitrogens with zero attached hydrogens (tertiary/aromatic N) is 1. The Bertz CT molecular complexity index is 365. The average molecular weight is 251 g/mol. The van der Waals surface area contributed by atoms with Crippen LogP contribution >= 0.6 is 0 Å². The monoisotopic (exact) mass is 251 g/mol. The zero-order chi connectivity index (χ0) is 13.4. The van der Waals surface area contributed by atoms with E-state index in [-0.39, 0.29) is 11.8 Å². The second-order valence-corrected chi connectivity index (χ2v) is 4.02. The van der Waals surface area contributed by atoms with Crippen LogP contribution in [0.15, 0.2) is 18.3 Å². The molecule has 18 heavy (non-hydrogen) atoms. The van der Waals surface area contributed by atoms with Crippen molar-refractivity contribution in [2.75, 3.05) is 25.0 Å². The Hall–Kier alpha value is -1.62. The normalized spacial score (nSPS) is 11.9. The van der Waals surface area contributed by atoms with Crippen molar-refractivity contribution in [1.82, 2.24) is 10.3 Å². The first-order valence-corrected chi connectivity index (χ1v) is 6.27. The summed E-state index contributed by atoms with van der Waals surface area (Å²) >= 11 is 0. The molecule has 2 N–H and O–H groups in total. The maximum absolute atomic E-state index is 11.8. The third-order valence-corrected chi connectivity index (χ3v) is 2.44. The minimum Gasteiger partial charge on any atom is -0.478 e. The third kappa shape index (κ3) is 4.71. The highest BCUT2D eigenvalue weighted by molar-refractivity contribution is 5.92. The molecule has 0 aliphatic heterocycles. The number of carbonyl (C=O) groups is 1. The van der Waals surface area contributed by atoms with E-state index in [4.69, 9.17) is 4.74 Å². The molecule has 100 valence electrons. The molecule has 1 aromatic heterocycles. The van der Waals surface area contributed by atoms with Gasteiger partial charge in [-0.05, 0) is 19.5 Å². The van der Waals surface area contributed by atoms with Crippen molar-refractivity contribution in [3.63, 3.8) is 0 Å². The van der Waals surface area contributed by atoms with E-state index in [0.717, 1.165) is 6.54 Å². The van der Waals surface area contributed by atoms with Gasteiger partial charge in [0.05, 0.1) is 18.5 Å². The average Bonchev–Trinajstić information content (AvgIpc) is 2.38. The summed E-state index contributed by atoms with van der Waals surface area (Å²) < 4.78 is 5.23. The van der Waals surface area contributed by atoms with Crippen LogP contribution in [0.5, 0.6) is 5.88 Å². The minimum absolute atomic E-state index is 0.0121. The summed E-state index contributed by atoms with van der Waals surface area (Å²) in [7, 11) is 0. The fourth-order valence-electron chi connectivity index (χ4n) is 1.41. The van der Waals surface area contributed by atoms with E-state index in [2.05, 4.69) is 15.6 Å². The molecule has 0 fully saturated rings. The van der Waals surface area contributed by atoms with Gasteiger partial charge in [-0.15, -0.1) is 0 Å². The van der Waals surface area contributed by atoms with Crippen LogP contribution < -0.4 is 15.4 Å². The zero-order valence-corrected chi connectivity index (χ0v) is 11.2. The lowest BCUT2D eigenvalue weighted by Gasteiger charge is -2.12. The molecule has 1 heterocycles. The summed E-state index contributed by atoms with van der Waals surface area (Å²) in [5.41, 5.74) is 0.687. The van der Waals surface area contributed by atoms with Crippen LogP contribution in [0.2, 0.25) is 0 Å². The van der Waals surface area contributed by atoms with Gasteiger partial charge in [0.2, 0.25) is 11.8 Å². The smallest absolute Gasteiger partial charge is 0.228 e. The maximum Gasteiger partial charge on any atom is 0.228 e. The van der Waals surface area contributed by atoms with Crippen molar-refractivity contribution in [3.8, 4) is 5.88 Å². The van der Waals surface area contributed by atoms with Gasteiger partial charge in [0.1, 0.15) is 0 Å². The lowest BCUT2D eigenvalue weighted by molar-refractivity contribution is -0.119. The Morgan fingerprint density at radius 1 is 1.44 bits per heavy atom. The SMILES string of the molecule is CCNCC(C)C(=O)Nc1ccc(OCC)nc1. The molecule has 1 unspecified atom stereocenters. The van der Waals surface area contributed by atoms with Crippen molar-refractivity contribution >= 4 is 11.6 Å². The molecular formula is C13H21N3O2. The topological polar surface area (TPSA) is 63.2 Å². The summed E-state index contributed by atoms with van der Waals surface area (Å²) in [4.78, 5) is 15.9. The molecule has 0 aliphatic carbocycles. The molecule has 1 amide bonds. The third-order valence-electron chi connectivity index (χ3n) is 2.44. The first kappa shape index (κ1) is 14.4. The van der Waals surface area contributed by atoms with Crippen molar-refractivity contribution in [2.24, 2.45) is 5.92 Å². The van der Waals surface area contributed by atoms with E-state index in [0.29, 0.717) is 24.7 Å². The number of pyridine rings is 1. The van der Waals surface area contributed by atoms with Gasteiger partial charge in [-0.2, -0.15) is 0 Å². The molecule has 0 spiro atoms. The Morgan fingerprint density at radius 3 is 2.78 bits per heavy atom. The van der Waals surface area contributed by atoms with Crippen LogP contribution in [0.4, 0.5) is 5.69 Å². The quantitative estimate of drug-likeness (QED) is 0.773. The van der Waals surface area contributed by atoms with Gasteiger partial charge in [0.15, 0.2) is 0 Å². The van der Waals surface area contributed by atoms with E-state index in [1.54, 1.807) is 18.3 Å². The second kappa shape index (κ2) is 7.66. The van der Waals surface area contributed by atoms with Crippen LogP contribution in [0, 0.1) is 5.92 Å². The highest BCUT2D eigenvalue weighted by Crippen LogP contribution is 2.12. The lowest BCUT2D eigenvalue weighted by atomic mass is 10.1. The summed E-state index contributed by atoms with van der Waals surface area (Å²) in [6.07, 6.45) is 1.60. The number of hydrogen-bond acceptors (Lipinski definition) is 4. The molecule has 5 heteroatoms. The predicted molar refractivity (Wildman–Crippen MR) is 71.7 cm³/mol. The summed E-state index contributed by atoms with van der Waals surface area (Å²) in [5, 5.41) is 5.97. The van der Waals surface area contributed by atoms with Gasteiger partial charge in [-0.1, -0.05) is 13.8 Å². The number of nitrogens with one attached hydrogen (secondary N) is 2. The van der Waals surface area contributed by atoms with Crippen LogP contribution in [-0.4, -0.2) is 30.6 Å². The molecule has 0 saturated heterocycles. The Labute approximate surface area is 108 Å².